The van der Waals surface area contributed by atoms with Gasteiger partial charge < -0.3 is 20.1 Å². The summed E-state index contributed by atoms with van der Waals surface area (Å²) in [5.74, 6) is -1.55. The van der Waals surface area contributed by atoms with Crippen molar-refractivity contribution in [1.29, 1.82) is 0 Å². The molecule has 5 heteroatoms. The van der Waals surface area contributed by atoms with E-state index in [9.17, 15) is 9.90 Å². The fourth-order valence-corrected chi connectivity index (χ4v) is 1.30. The van der Waals surface area contributed by atoms with Crippen LogP contribution < -0.4 is 0 Å². The van der Waals surface area contributed by atoms with E-state index in [4.69, 9.17) is 21.8 Å². The average molecular weight is 217 g/mol. The molecule has 14 heavy (non-hydrogen) atoms. The lowest BCUT2D eigenvalue weighted by atomic mass is 10.1. The van der Waals surface area contributed by atoms with Gasteiger partial charge in [-0.3, -0.25) is 0 Å². The van der Waals surface area contributed by atoms with Gasteiger partial charge in [0.2, 0.25) is 5.75 Å². The molecule has 0 bridgehead atoms. The highest BCUT2D eigenvalue weighted by atomic mass is 35.5. The maximum atomic E-state index is 10.2. The van der Waals surface area contributed by atoms with Gasteiger partial charge in [0.25, 0.3) is 0 Å². The van der Waals surface area contributed by atoms with Crippen molar-refractivity contribution >= 4 is 17.9 Å². The third-order valence-corrected chi connectivity index (χ3v) is 2.22. The van der Waals surface area contributed by atoms with Crippen molar-refractivity contribution in [3.05, 3.63) is 17.7 Å². The summed E-state index contributed by atoms with van der Waals surface area (Å²) in [6.45, 7) is 0. The smallest absolute Gasteiger partial charge is 0.200 e. The summed E-state index contributed by atoms with van der Waals surface area (Å²) in [6, 6.07) is 2.55. The van der Waals surface area contributed by atoms with Crippen molar-refractivity contribution in [3.63, 3.8) is 0 Å². The van der Waals surface area contributed by atoms with Crippen LogP contribution in [-0.2, 0) is 4.79 Å². The maximum absolute atomic E-state index is 10.2. The topological polar surface area (TPSA) is 77.8 Å². The van der Waals surface area contributed by atoms with Crippen molar-refractivity contribution in [2.75, 3.05) is 0 Å². The summed E-state index contributed by atoms with van der Waals surface area (Å²) in [5.41, 5.74) is 0.217. The SMILES string of the molecule is O=CC[C@H](Cl)c1ccc(O)c(O)c1O. The standard InChI is InChI=1S/C9H9ClO4/c10-6(3-4-11)5-1-2-7(12)9(14)8(5)13/h1-2,4,6,12-14H,3H2/t6-/m0/s1. The summed E-state index contributed by atoms with van der Waals surface area (Å²) in [7, 11) is 0. The van der Waals surface area contributed by atoms with Crippen LogP contribution in [0, 0.1) is 0 Å². The second-order valence-corrected chi connectivity index (χ2v) is 3.27. The molecule has 1 atom stereocenters. The second-order valence-electron chi connectivity index (χ2n) is 2.74. The fraction of sp³-hybridized carbons (Fsp3) is 0.222. The van der Waals surface area contributed by atoms with Crippen LogP contribution in [0.1, 0.15) is 17.4 Å². The predicted molar refractivity (Wildman–Crippen MR) is 50.7 cm³/mol. The number of hydrogen-bond acceptors (Lipinski definition) is 4. The fourth-order valence-electron chi connectivity index (χ4n) is 1.05. The zero-order valence-corrected chi connectivity index (χ0v) is 7.90. The number of aldehydes is 1. The van der Waals surface area contributed by atoms with E-state index >= 15 is 0 Å². The number of halogens is 1. The van der Waals surface area contributed by atoms with Gasteiger partial charge in [0, 0.05) is 12.0 Å². The number of hydrogen-bond donors (Lipinski definition) is 3. The molecule has 0 aliphatic rings. The minimum Gasteiger partial charge on any atom is -0.504 e. The van der Waals surface area contributed by atoms with Crippen molar-refractivity contribution < 1.29 is 20.1 Å². The van der Waals surface area contributed by atoms with Crippen LogP contribution in [0.2, 0.25) is 0 Å². The third kappa shape index (κ3) is 1.90. The van der Waals surface area contributed by atoms with E-state index in [0.29, 0.717) is 6.29 Å². The molecular weight excluding hydrogens is 208 g/mol. The molecular formula is C9H9ClO4. The predicted octanol–water partition coefficient (Wildman–Crippen LogP) is 1.67. The second kappa shape index (κ2) is 4.19. The summed E-state index contributed by atoms with van der Waals surface area (Å²) >= 11 is 5.75. The van der Waals surface area contributed by atoms with Gasteiger partial charge >= 0.3 is 0 Å². The van der Waals surface area contributed by atoms with Gasteiger partial charge in [0.15, 0.2) is 11.5 Å². The lowest BCUT2D eigenvalue weighted by molar-refractivity contribution is -0.107. The van der Waals surface area contributed by atoms with E-state index in [1.54, 1.807) is 0 Å². The molecule has 4 nitrogen and oxygen atoms in total. The van der Waals surface area contributed by atoms with Crippen molar-refractivity contribution in [3.8, 4) is 17.2 Å². The van der Waals surface area contributed by atoms with Gasteiger partial charge in [-0.1, -0.05) is 0 Å². The number of rotatable bonds is 3. The third-order valence-electron chi connectivity index (χ3n) is 1.80. The van der Waals surface area contributed by atoms with Crippen LogP contribution in [0.5, 0.6) is 17.2 Å². The Hall–Kier alpha value is -1.42. The molecule has 0 radical (unpaired) electrons. The highest BCUT2D eigenvalue weighted by Crippen LogP contribution is 2.41. The van der Waals surface area contributed by atoms with Crippen LogP contribution in [0.4, 0.5) is 0 Å². The Morgan fingerprint density at radius 3 is 2.50 bits per heavy atom. The number of benzene rings is 1. The highest BCUT2D eigenvalue weighted by molar-refractivity contribution is 6.21. The quantitative estimate of drug-likeness (QED) is 0.408. The van der Waals surface area contributed by atoms with Gasteiger partial charge in [0.1, 0.15) is 6.29 Å². The highest BCUT2D eigenvalue weighted by Gasteiger charge is 2.17. The summed E-state index contributed by atoms with van der Waals surface area (Å²) in [4.78, 5) is 10.2. The van der Waals surface area contributed by atoms with Crippen LogP contribution >= 0.6 is 11.6 Å². The first-order valence-electron chi connectivity index (χ1n) is 3.89. The average Bonchev–Trinajstić information content (AvgIpc) is 2.15. The van der Waals surface area contributed by atoms with Gasteiger partial charge in [-0.15, -0.1) is 11.6 Å². The minimum atomic E-state index is -0.709. The van der Waals surface area contributed by atoms with Gasteiger partial charge in [-0.2, -0.15) is 0 Å². The van der Waals surface area contributed by atoms with Crippen molar-refractivity contribution in [2.45, 2.75) is 11.8 Å². The van der Waals surface area contributed by atoms with Crippen LogP contribution in [-0.4, -0.2) is 21.6 Å². The molecule has 0 aromatic heterocycles. The van der Waals surface area contributed by atoms with Crippen molar-refractivity contribution in [1.82, 2.24) is 0 Å². The molecule has 1 rings (SSSR count). The lowest BCUT2D eigenvalue weighted by Crippen LogP contribution is -1.92. The molecule has 0 saturated carbocycles. The summed E-state index contributed by atoms with van der Waals surface area (Å²) < 4.78 is 0. The maximum Gasteiger partial charge on any atom is 0.200 e. The molecule has 0 fully saturated rings. The van der Waals surface area contributed by atoms with Crippen molar-refractivity contribution in [2.24, 2.45) is 0 Å². The monoisotopic (exact) mass is 216 g/mol. The Labute approximate surface area is 85.4 Å². The van der Waals surface area contributed by atoms with E-state index in [-0.39, 0.29) is 12.0 Å². The Morgan fingerprint density at radius 1 is 1.29 bits per heavy atom. The Kier molecular flexibility index (Phi) is 3.19. The number of aromatic hydroxyl groups is 3. The first kappa shape index (κ1) is 10.7. The van der Waals surface area contributed by atoms with Crippen LogP contribution in [0.3, 0.4) is 0 Å². The van der Waals surface area contributed by atoms with E-state index in [1.807, 2.05) is 0 Å². The van der Waals surface area contributed by atoms with E-state index < -0.39 is 22.6 Å². The first-order chi connectivity index (χ1) is 6.57. The largest absolute Gasteiger partial charge is 0.504 e. The molecule has 0 amide bonds. The first-order valence-corrected chi connectivity index (χ1v) is 4.33. The van der Waals surface area contributed by atoms with Gasteiger partial charge in [0.05, 0.1) is 5.38 Å². The van der Waals surface area contributed by atoms with Crippen LogP contribution in [0.25, 0.3) is 0 Å². The number of carbonyl (C=O) groups excluding carboxylic acids is 1. The Balaban J connectivity index is 3.10. The van der Waals surface area contributed by atoms with Gasteiger partial charge in [-0.05, 0) is 12.1 Å². The normalized spacial score (nSPS) is 12.4. The van der Waals surface area contributed by atoms with Gasteiger partial charge in [-0.25, -0.2) is 0 Å². The molecule has 0 unspecified atom stereocenters. The summed E-state index contributed by atoms with van der Waals surface area (Å²) in [5, 5.41) is 26.8. The molecule has 0 heterocycles. The summed E-state index contributed by atoms with van der Waals surface area (Å²) in [6.07, 6.45) is 0.639. The number of carbonyl (C=O) groups is 1. The van der Waals surface area contributed by atoms with Crippen LogP contribution in [0.15, 0.2) is 12.1 Å². The van der Waals surface area contributed by atoms with E-state index in [2.05, 4.69) is 0 Å². The molecule has 1 aromatic carbocycles. The van der Waals surface area contributed by atoms with E-state index in [1.165, 1.54) is 12.1 Å². The number of alkyl halides is 1. The molecule has 0 aliphatic carbocycles. The molecule has 1 aromatic rings. The lowest BCUT2D eigenvalue weighted by Gasteiger charge is -2.10. The Morgan fingerprint density at radius 2 is 1.93 bits per heavy atom. The zero-order valence-electron chi connectivity index (χ0n) is 7.14. The molecule has 76 valence electrons. The molecule has 3 N–H and O–H groups in total. The Bertz CT molecular complexity index is 351. The minimum absolute atomic E-state index is 0.0271. The van der Waals surface area contributed by atoms with E-state index in [0.717, 1.165) is 0 Å². The molecule has 0 spiro atoms. The molecule has 0 saturated heterocycles. The zero-order chi connectivity index (χ0) is 10.7. The number of phenolic OH excluding ortho intramolecular Hbond substituents is 3. The molecule has 0 aliphatic heterocycles. The number of phenols is 3.